The zero-order chi connectivity index (χ0) is 13.2. The first-order chi connectivity index (χ1) is 8.50. The number of hydrogen-bond donors (Lipinski definition) is 0. The number of halogens is 3. The van der Waals surface area contributed by atoms with Gasteiger partial charge < -0.3 is 0 Å². The van der Waals surface area contributed by atoms with E-state index < -0.39 is 11.7 Å². The Bertz CT molecular complexity index is 585. The highest BCUT2D eigenvalue weighted by atomic mass is 32.2. The van der Waals surface area contributed by atoms with Gasteiger partial charge in [0.05, 0.1) is 17.2 Å². The Hall–Kier alpha value is -1.52. The summed E-state index contributed by atoms with van der Waals surface area (Å²) in [5, 5.41) is 10.5. The first kappa shape index (κ1) is 12.9. The molecule has 0 N–H and O–H groups in total. The lowest BCUT2D eigenvalue weighted by atomic mass is 10.1. The third-order valence-corrected chi connectivity index (χ3v) is 3.90. The minimum absolute atomic E-state index is 0.371. The van der Waals surface area contributed by atoms with Gasteiger partial charge in [0.25, 0.3) is 0 Å². The summed E-state index contributed by atoms with van der Waals surface area (Å²) in [6, 6.07) is 5.07. The van der Waals surface area contributed by atoms with Crippen LogP contribution in [0.25, 0.3) is 0 Å². The van der Waals surface area contributed by atoms with Gasteiger partial charge in [-0.25, -0.2) is 4.98 Å². The normalized spacial score (nSPS) is 11.2. The van der Waals surface area contributed by atoms with Crippen molar-refractivity contribution in [3.63, 3.8) is 0 Å². The standard InChI is InChI=1S/C11H5F3N2S2/c12-11(13,14)9-2-1-8(5-7(9)6-15)18-10-16-3-4-17-10/h1-5H. The van der Waals surface area contributed by atoms with Crippen molar-refractivity contribution in [3.8, 4) is 6.07 Å². The molecule has 0 fully saturated rings. The second kappa shape index (κ2) is 5.00. The maximum atomic E-state index is 12.6. The van der Waals surface area contributed by atoms with Crippen molar-refractivity contribution in [2.24, 2.45) is 0 Å². The average Bonchev–Trinajstić information content (AvgIpc) is 2.80. The summed E-state index contributed by atoms with van der Waals surface area (Å²) in [4.78, 5) is 4.58. The van der Waals surface area contributed by atoms with E-state index in [1.165, 1.54) is 35.2 Å². The molecule has 0 saturated carbocycles. The van der Waals surface area contributed by atoms with E-state index in [1.54, 1.807) is 17.6 Å². The minimum Gasteiger partial charge on any atom is -0.238 e. The van der Waals surface area contributed by atoms with Crippen LogP contribution in [0.3, 0.4) is 0 Å². The van der Waals surface area contributed by atoms with E-state index >= 15 is 0 Å². The Morgan fingerprint density at radius 2 is 2.11 bits per heavy atom. The van der Waals surface area contributed by atoms with Crippen LogP contribution in [0.15, 0.2) is 39.0 Å². The first-order valence-corrected chi connectivity index (χ1v) is 6.39. The molecule has 2 nitrogen and oxygen atoms in total. The number of thiazole rings is 1. The molecule has 0 saturated heterocycles. The van der Waals surface area contributed by atoms with Crippen LogP contribution in [0.2, 0.25) is 0 Å². The van der Waals surface area contributed by atoms with E-state index in [-0.39, 0.29) is 5.56 Å². The smallest absolute Gasteiger partial charge is 0.238 e. The quantitative estimate of drug-likeness (QED) is 0.830. The van der Waals surface area contributed by atoms with Crippen LogP contribution in [0.4, 0.5) is 13.2 Å². The Morgan fingerprint density at radius 3 is 2.67 bits per heavy atom. The summed E-state index contributed by atoms with van der Waals surface area (Å²) in [6.45, 7) is 0. The van der Waals surface area contributed by atoms with Crippen LogP contribution >= 0.6 is 23.1 Å². The molecule has 1 aromatic carbocycles. The Labute approximate surface area is 109 Å². The van der Waals surface area contributed by atoms with Crippen LogP contribution in [-0.4, -0.2) is 4.98 Å². The lowest BCUT2D eigenvalue weighted by Crippen LogP contribution is -2.07. The Balaban J connectivity index is 2.34. The lowest BCUT2D eigenvalue weighted by molar-refractivity contribution is -0.137. The molecular formula is C11H5F3N2S2. The van der Waals surface area contributed by atoms with Crippen LogP contribution in [0.5, 0.6) is 0 Å². The summed E-state index contributed by atoms with van der Waals surface area (Å²) < 4.78 is 38.4. The van der Waals surface area contributed by atoms with E-state index in [4.69, 9.17) is 5.26 Å². The third kappa shape index (κ3) is 2.83. The molecular weight excluding hydrogens is 281 g/mol. The molecule has 1 aromatic heterocycles. The van der Waals surface area contributed by atoms with E-state index in [1.807, 2.05) is 0 Å². The van der Waals surface area contributed by atoms with Crippen molar-refractivity contribution < 1.29 is 13.2 Å². The van der Waals surface area contributed by atoms with Crippen molar-refractivity contribution in [3.05, 3.63) is 40.9 Å². The fourth-order valence-corrected chi connectivity index (χ4v) is 2.92. The summed E-state index contributed by atoms with van der Waals surface area (Å²) in [5.41, 5.74) is -1.28. The second-order valence-electron chi connectivity index (χ2n) is 3.22. The van der Waals surface area contributed by atoms with Gasteiger partial charge in [-0.3, -0.25) is 0 Å². The number of benzene rings is 1. The van der Waals surface area contributed by atoms with Crippen molar-refractivity contribution in [2.45, 2.75) is 15.4 Å². The molecule has 0 bridgehead atoms. The first-order valence-electron chi connectivity index (χ1n) is 4.69. The molecule has 0 radical (unpaired) electrons. The monoisotopic (exact) mass is 286 g/mol. The molecule has 7 heteroatoms. The van der Waals surface area contributed by atoms with Crippen LogP contribution in [0, 0.1) is 11.3 Å². The number of nitrogens with zero attached hydrogens (tertiary/aromatic N) is 2. The number of hydrogen-bond acceptors (Lipinski definition) is 4. The zero-order valence-electron chi connectivity index (χ0n) is 8.73. The van der Waals surface area contributed by atoms with Gasteiger partial charge in [-0.15, -0.1) is 11.3 Å². The van der Waals surface area contributed by atoms with Crippen LogP contribution in [-0.2, 0) is 6.18 Å². The van der Waals surface area contributed by atoms with Crippen molar-refractivity contribution in [1.29, 1.82) is 5.26 Å². The molecule has 0 unspecified atom stereocenters. The van der Waals surface area contributed by atoms with Crippen LogP contribution < -0.4 is 0 Å². The van der Waals surface area contributed by atoms with Gasteiger partial charge in [0.2, 0.25) is 0 Å². The average molecular weight is 286 g/mol. The maximum absolute atomic E-state index is 12.6. The summed E-state index contributed by atoms with van der Waals surface area (Å²) in [5.74, 6) is 0. The van der Waals surface area contributed by atoms with E-state index in [2.05, 4.69) is 4.98 Å². The number of nitriles is 1. The van der Waals surface area contributed by atoms with Gasteiger partial charge in [-0.1, -0.05) is 11.8 Å². The molecule has 0 atom stereocenters. The second-order valence-corrected chi connectivity index (χ2v) is 5.43. The molecule has 0 spiro atoms. The summed E-state index contributed by atoms with van der Waals surface area (Å²) in [6.07, 6.45) is -2.89. The number of alkyl halides is 3. The predicted octanol–water partition coefficient (Wildman–Crippen LogP) is 4.18. The predicted molar refractivity (Wildman–Crippen MR) is 62.4 cm³/mol. The fourth-order valence-electron chi connectivity index (χ4n) is 1.29. The minimum atomic E-state index is -4.50. The summed E-state index contributed by atoms with van der Waals surface area (Å²) >= 11 is 2.62. The molecule has 92 valence electrons. The molecule has 2 rings (SSSR count). The van der Waals surface area contributed by atoms with Crippen molar-refractivity contribution in [1.82, 2.24) is 4.98 Å². The van der Waals surface area contributed by atoms with Gasteiger partial charge in [0.15, 0.2) is 4.34 Å². The maximum Gasteiger partial charge on any atom is 0.417 e. The largest absolute Gasteiger partial charge is 0.417 e. The SMILES string of the molecule is N#Cc1cc(Sc2nccs2)ccc1C(F)(F)F. The van der Waals surface area contributed by atoms with Crippen LogP contribution in [0.1, 0.15) is 11.1 Å². The highest BCUT2D eigenvalue weighted by molar-refractivity contribution is 8.01. The molecule has 1 heterocycles. The molecule has 0 amide bonds. The lowest BCUT2D eigenvalue weighted by Gasteiger charge is -2.09. The Kier molecular flexibility index (Phi) is 3.59. The Morgan fingerprint density at radius 1 is 1.33 bits per heavy atom. The molecule has 2 aromatic rings. The topological polar surface area (TPSA) is 36.7 Å². The molecule has 18 heavy (non-hydrogen) atoms. The number of aromatic nitrogens is 1. The third-order valence-electron chi connectivity index (χ3n) is 2.03. The van der Waals surface area contributed by atoms with Crippen molar-refractivity contribution >= 4 is 23.1 Å². The fraction of sp³-hybridized carbons (Fsp3) is 0.0909. The van der Waals surface area contributed by atoms with Crippen molar-refractivity contribution in [2.75, 3.05) is 0 Å². The number of rotatable bonds is 2. The van der Waals surface area contributed by atoms with Gasteiger partial charge >= 0.3 is 6.18 Å². The molecule has 0 aliphatic rings. The van der Waals surface area contributed by atoms with Gasteiger partial charge in [-0.05, 0) is 18.2 Å². The highest BCUT2D eigenvalue weighted by Crippen LogP contribution is 2.35. The van der Waals surface area contributed by atoms with Gasteiger partial charge in [0, 0.05) is 16.5 Å². The highest BCUT2D eigenvalue weighted by Gasteiger charge is 2.33. The zero-order valence-corrected chi connectivity index (χ0v) is 10.4. The van der Waals surface area contributed by atoms with E-state index in [9.17, 15) is 13.2 Å². The van der Waals surface area contributed by atoms with Gasteiger partial charge in [0.1, 0.15) is 0 Å². The molecule has 0 aliphatic heterocycles. The van der Waals surface area contributed by atoms with Gasteiger partial charge in [-0.2, -0.15) is 18.4 Å². The van der Waals surface area contributed by atoms with E-state index in [0.717, 1.165) is 10.4 Å². The summed E-state index contributed by atoms with van der Waals surface area (Å²) in [7, 11) is 0. The van der Waals surface area contributed by atoms with E-state index in [0.29, 0.717) is 4.90 Å². The molecule has 0 aliphatic carbocycles.